The van der Waals surface area contributed by atoms with Gasteiger partial charge in [-0.2, -0.15) is 5.10 Å². The van der Waals surface area contributed by atoms with E-state index in [0.717, 1.165) is 0 Å². The molecule has 0 spiro atoms. The highest BCUT2D eigenvalue weighted by atomic mass is 35.5. The van der Waals surface area contributed by atoms with Crippen molar-refractivity contribution in [3.63, 3.8) is 0 Å². The summed E-state index contributed by atoms with van der Waals surface area (Å²) in [6, 6.07) is 14.0. The molecule has 0 saturated carbocycles. The number of nitrogens with zero attached hydrogens (tertiary/aromatic N) is 1. The molecular weight excluding hydrogens is 445 g/mol. The van der Waals surface area contributed by atoms with Crippen molar-refractivity contribution in [1.29, 1.82) is 0 Å². The first kappa shape index (κ1) is 22.1. The minimum atomic E-state index is -1.01. The second-order valence-corrected chi connectivity index (χ2v) is 6.99. The molecule has 1 aromatic heterocycles. The van der Waals surface area contributed by atoms with Gasteiger partial charge in [0.2, 0.25) is 5.76 Å². The minimum absolute atomic E-state index is 0.0375. The average molecular weight is 460 g/mol. The lowest BCUT2D eigenvalue weighted by atomic mass is 10.1. The SMILES string of the molecule is C/C(=N\NC(=O)C(=O)Nc1cc(Cl)cc(Cl)c1)c1ccccc1OC(=O)c1ccco1. The maximum Gasteiger partial charge on any atom is 0.379 e. The summed E-state index contributed by atoms with van der Waals surface area (Å²) in [6.07, 6.45) is 1.35. The van der Waals surface area contributed by atoms with E-state index < -0.39 is 17.8 Å². The Bertz CT molecular complexity index is 1140. The van der Waals surface area contributed by atoms with Crippen LogP contribution in [-0.2, 0) is 9.59 Å². The molecule has 0 aliphatic carbocycles. The van der Waals surface area contributed by atoms with Gasteiger partial charge in [-0.3, -0.25) is 9.59 Å². The number of hydrogen-bond acceptors (Lipinski definition) is 6. The van der Waals surface area contributed by atoms with Crippen LogP contribution in [0.4, 0.5) is 5.69 Å². The van der Waals surface area contributed by atoms with Gasteiger partial charge in [-0.05, 0) is 49.4 Å². The molecule has 3 aromatic rings. The van der Waals surface area contributed by atoms with Crippen LogP contribution in [0.15, 0.2) is 70.4 Å². The third-order valence-electron chi connectivity index (χ3n) is 3.85. The van der Waals surface area contributed by atoms with Crippen LogP contribution < -0.4 is 15.5 Å². The lowest BCUT2D eigenvalue weighted by Crippen LogP contribution is -2.33. The van der Waals surface area contributed by atoms with Crippen molar-refractivity contribution in [3.8, 4) is 5.75 Å². The average Bonchev–Trinajstić information content (AvgIpc) is 3.26. The Kier molecular flexibility index (Phi) is 7.07. The molecule has 31 heavy (non-hydrogen) atoms. The standard InChI is InChI=1S/C21H15Cl2N3O5/c1-12(16-5-2-3-6-17(16)31-21(29)18-7-4-8-30-18)25-26-20(28)19(27)24-15-10-13(22)9-14(23)11-15/h2-11H,1H3,(H,24,27)(H,26,28)/b25-12+. The number of nitrogens with one attached hydrogen (secondary N) is 2. The van der Waals surface area contributed by atoms with Gasteiger partial charge in [0.15, 0.2) is 0 Å². The number of carbonyl (C=O) groups excluding carboxylic acids is 3. The number of halogens is 2. The van der Waals surface area contributed by atoms with Crippen molar-refractivity contribution >= 4 is 52.4 Å². The van der Waals surface area contributed by atoms with Crippen molar-refractivity contribution in [2.45, 2.75) is 6.92 Å². The molecule has 0 fully saturated rings. The number of benzene rings is 2. The molecule has 0 radical (unpaired) electrons. The Balaban J connectivity index is 1.68. The van der Waals surface area contributed by atoms with Crippen LogP contribution >= 0.6 is 23.2 Å². The quantitative estimate of drug-likeness (QED) is 0.194. The summed E-state index contributed by atoms with van der Waals surface area (Å²) in [5.74, 6) is -2.42. The maximum atomic E-state index is 12.1. The Morgan fingerprint density at radius 3 is 2.35 bits per heavy atom. The number of hydrogen-bond donors (Lipinski definition) is 2. The Morgan fingerprint density at radius 2 is 1.68 bits per heavy atom. The predicted octanol–water partition coefficient (Wildman–Crippen LogP) is 4.28. The Hall–Kier alpha value is -3.62. The number of furan rings is 1. The van der Waals surface area contributed by atoms with Gasteiger partial charge in [0.1, 0.15) is 5.75 Å². The fraction of sp³-hybridized carbons (Fsp3) is 0.0476. The van der Waals surface area contributed by atoms with E-state index in [1.807, 2.05) is 0 Å². The summed E-state index contributed by atoms with van der Waals surface area (Å²) in [4.78, 5) is 36.3. The van der Waals surface area contributed by atoms with Gasteiger partial charge in [-0.1, -0.05) is 35.3 Å². The summed E-state index contributed by atoms with van der Waals surface area (Å²) in [6.45, 7) is 1.58. The second-order valence-electron chi connectivity index (χ2n) is 6.11. The van der Waals surface area contributed by atoms with E-state index in [0.29, 0.717) is 21.3 Å². The van der Waals surface area contributed by atoms with Gasteiger partial charge in [-0.15, -0.1) is 0 Å². The lowest BCUT2D eigenvalue weighted by Gasteiger charge is -2.09. The smallest absolute Gasteiger partial charge is 0.379 e. The van der Waals surface area contributed by atoms with E-state index in [2.05, 4.69) is 15.8 Å². The molecule has 0 atom stereocenters. The van der Waals surface area contributed by atoms with Gasteiger partial charge >= 0.3 is 17.8 Å². The lowest BCUT2D eigenvalue weighted by molar-refractivity contribution is -0.136. The van der Waals surface area contributed by atoms with Crippen LogP contribution in [0.25, 0.3) is 0 Å². The van der Waals surface area contributed by atoms with E-state index >= 15 is 0 Å². The van der Waals surface area contributed by atoms with Gasteiger partial charge < -0.3 is 14.5 Å². The van der Waals surface area contributed by atoms with E-state index in [4.69, 9.17) is 32.4 Å². The monoisotopic (exact) mass is 459 g/mol. The first-order valence-corrected chi connectivity index (χ1v) is 9.56. The first-order valence-electron chi connectivity index (χ1n) is 8.80. The third kappa shape index (κ3) is 5.94. The molecule has 10 heteroatoms. The Labute approximate surface area is 186 Å². The molecule has 0 aliphatic heterocycles. The molecule has 1 heterocycles. The van der Waals surface area contributed by atoms with Crippen LogP contribution in [0.1, 0.15) is 23.0 Å². The summed E-state index contributed by atoms with van der Waals surface area (Å²) < 4.78 is 10.4. The number of ether oxygens (including phenoxy) is 1. The zero-order chi connectivity index (χ0) is 22.4. The molecule has 3 rings (SSSR count). The van der Waals surface area contributed by atoms with Gasteiger partial charge in [0.05, 0.1) is 12.0 Å². The highest BCUT2D eigenvalue weighted by molar-refractivity contribution is 6.40. The maximum absolute atomic E-state index is 12.1. The molecular formula is C21H15Cl2N3O5. The van der Waals surface area contributed by atoms with Crippen molar-refractivity contribution in [2.75, 3.05) is 5.32 Å². The molecule has 2 amide bonds. The van der Waals surface area contributed by atoms with Gasteiger partial charge in [-0.25, -0.2) is 10.2 Å². The summed E-state index contributed by atoms with van der Waals surface area (Å²) in [5, 5.41) is 6.89. The van der Waals surface area contributed by atoms with Crippen molar-refractivity contribution in [2.24, 2.45) is 5.10 Å². The number of anilines is 1. The molecule has 158 valence electrons. The highest BCUT2D eigenvalue weighted by Gasteiger charge is 2.17. The number of rotatable bonds is 5. The predicted molar refractivity (Wildman–Crippen MR) is 116 cm³/mol. The molecule has 0 aliphatic rings. The number of hydrazone groups is 1. The number of para-hydroxylation sites is 1. The molecule has 0 unspecified atom stereocenters. The zero-order valence-electron chi connectivity index (χ0n) is 16.0. The van der Waals surface area contributed by atoms with Crippen LogP contribution in [0.3, 0.4) is 0 Å². The fourth-order valence-corrected chi connectivity index (χ4v) is 2.98. The normalized spacial score (nSPS) is 11.0. The highest BCUT2D eigenvalue weighted by Crippen LogP contribution is 2.22. The summed E-state index contributed by atoms with van der Waals surface area (Å²) in [5.41, 5.74) is 3.14. The molecule has 8 nitrogen and oxygen atoms in total. The van der Waals surface area contributed by atoms with E-state index in [-0.39, 0.29) is 17.2 Å². The molecule has 0 bridgehead atoms. The van der Waals surface area contributed by atoms with Crippen molar-refractivity contribution < 1.29 is 23.5 Å². The van der Waals surface area contributed by atoms with Crippen molar-refractivity contribution in [1.82, 2.24) is 5.43 Å². The van der Waals surface area contributed by atoms with Gasteiger partial charge in [0.25, 0.3) is 0 Å². The van der Waals surface area contributed by atoms with E-state index in [1.165, 1.54) is 30.5 Å². The first-order chi connectivity index (χ1) is 14.8. The number of amides is 2. The second kappa shape index (κ2) is 9.92. The summed E-state index contributed by atoms with van der Waals surface area (Å²) >= 11 is 11.7. The van der Waals surface area contributed by atoms with E-state index in [1.54, 1.807) is 37.3 Å². The molecule has 2 aromatic carbocycles. The minimum Gasteiger partial charge on any atom is -0.457 e. The molecule has 2 N–H and O–H groups in total. The fourth-order valence-electron chi connectivity index (χ4n) is 2.46. The van der Waals surface area contributed by atoms with Crippen LogP contribution in [0, 0.1) is 0 Å². The van der Waals surface area contributed by atoms with Crippen molar-refractivity contribution in [3.05, 3.63) is 82.2 Å². The topological polar surface area (TPSA) is 110 Å². The Morgan fingerprint density at radius 1 is 0.968 bits per heavy atom. The summed E-state index contributed by atoms with van der Waals surface area (Å²) in [7, 11) is 0. The van der Waals surface area contributed by atoms with Crippen LogP contribution in [0.2, 0.25) is 10.0 Å². The van der Waals surface area contributed by atoms with Crippen LogP contribution in [0.5, 0.6) is 5.75 Å². The largest absolute Gasteiger partial charge is 0.457 e. The number of carbonyl (C=O) groups is 3. The van der Waals surface area contributed by atoms with Gasteiger partial charge in [0, 0.05) is 21.3 Å². The third-order valence-corrected chi connectivity index (χ3v) is 4.29. The zero-order valence-corrected chi connectivity index (χ0v) is 17.5. The number of esters is 1. The van der Waals surface area contributed by atoms with Crippen LogP contribution in [-0.4, -0.2) is 23.5 Å². The molecule has 0 saturated heterocycles. The van der Waals surface area contributed by atoms with E-state index in [9.17, 15) is 14.4 Å².